The lowest BCUT2D eigenvalue weighted by molar-refractivity contribution is -0.127. The molecule has 0 bridgehead atoms. The van der Waals surface area contributed by atoms with Crippen LogP contribution in [0.1, 0.15) is 26.5 Å². The first kappa shape index (κ1) is 28.1. The van der Waals surface area contributed by atoms with Gasteiger partial charge in [0.15, 0.2) is 5.82 Å². The van der Waals surface area contributed by atoms with Gasteiger partial charge in [-0.15, -0.1) is 0 Å². The second-order valence-corrected chi connectivity index (χ2v) is 10.5. The van der Waals surface area contributed by atoms with Gasteiger partial charge in [0.2, 0.25) is 0 Å². The van der Waals surface area contributed by atoms with Crippen molar-refractivity contribution < 1.29 is 38.0 Å². The summed E-state index contributed by atoms with van der Waals surface area (Å²) in [6.07, 6.45) is 4.04. The Morgan fingerprint density at radius 1 is 1.07 bits per heavy atom. The lowest BCUT2D eigenvalue weighted by Gasteiger charge is -2.34. The largest absolute Gasteiger partial charge is 0.633 e. The van der Waals surface area contributed by atoms with Crippen LogP contribution in [0, 0.1) is 6.92 Å². The van der Waals surface area contributed by atoms with E-state index in [9.17, 15) is 23.8 Å². The van der Waals surface area contributed by atoms with Crippen LogP contribution in [-0.4, -0.2) is 94.8 Å². The van der Waals surface area contributed by atoms with Crippen LogP contribution in [0.3, 0.4) is 0 Å². The normalized spacial score (nSPS) is 15.1. The first-order chi connectivity index (χ1) is 19.6. The standard InChI is InChI=1S/C25H26N7O8P/c1-16-27-14-32(28-16)23-21-20(19(39-2)12-26-23)18(13-31(21)15-40-41(36,37)38)22(33)25(35)30-10-8-29(9-11-30)24(34)17-6-4-3-5-7-17/h3-7,12-14H,8-11,15H2,1-2H3,(H2,36,37,38)/p+1. The zero-order valence-electron chi connectivity index (χ0n) is 22.1. The predicted octanol–water partition coefficient (Wildman–Crippen LogP) is 0.900. The van der Waals surface area contributed by atoms with Crippen molar-refractivity contribution in [2.45, 2.75) is 13.7 Å². The molecule has 4 aromatic rings. The summed E-state index contributed by atoms with van der Waals surface area (Å²) >= 11 is 0. The number of hydrogen-bond donors (Lipinski definition) is 1. The highest BCUT2D eigenvalue weighted by Gasteiger charge is 2.33. The van der Waals surface area contributed by atoms with E-state index in [1.807, 2.05) is 6.07 Å². The summed E-state index contributed by atoms with van der Waals surface area (Å²) < 4.78 is 24.5. The Balaban J connectivity index is 1.47. The van der Waals surface area contributed by atoms with E-state index in [0.717, 1.165) is 0 Å². The molecule has 2 amide bonds. The van der Waals surface area contributed by atoms with Gasteiger partial charge in [-0.2, -0.15) is 9.66 Å². The highest BCUT2D eigenvalue weighted by molar-refractivity contribution is 7.46. The number of rotatable bonds is 8. The summed E-state index contributed by atoms with van der Waals surface area (Å²) in [7, 11) is -3.28. The first-order valence-corrected chi connectivity index (χ1v) is 14.0. The molecule has 1 fully saturated rings. The van der Waals surface area contributed by atoms with E-state index >= 15 is 0 Å². The molecule has 0 radical (unpaired) electrons. The number of ether oxygens (including phenoxy) is 1. The zero-order valence-corrected chi connectivity index (χ0v) is 23.0. The molecule has 1 atom stereocenters. The number of nitrogens with zero attached hydrogens (tertiary/aromatic N) is 7. The smallest absolute Gasteiger partial charge is 0.494 e. The molecular formula is C25H27N7O8P+. The monoisotopic (exact) mass is 584 g/mol. The van der Waals surface area contributed by atoms with Crippen LogP contribution in [0.15, 0.2) is 49.1 Å². The van der Waals surface area contributed by atoms with Crippen molar-refractivity contribution in [2.24, 2.45) is 0 Å². The molecule has 0 aliphatic carbocycles. The van der Waals surface area contributed by atoms with Gasteiger partial charge >= 0.3 is 7.82 Å². The van der Waals surface area contributed by atoms with Gasteiger partial charge in [0.1, 0.15) is 30.1 Å². The van der Waals surface area contributed by atoms with E-state index in [1.54, 1.807) is 36.1 Å². The molecule has 15 nitrogen and oxygen atoms in total. The second-order valence-electron chi connectivity index (χ2n) is 9.18. The van der Waals surface area contributed by atoms with E-state index in [1.165, 1.54) is 40.0 Å². The first-order valence-electron chi connectivity index (χ1n) is 12.4. The molecule has 5 rings (SSSR count). The van der Waals surface area contributed by atoms with E-state index in [4.69, 9.17) is 14.2 Å². The van der Waals surface area contributed by atoms with Crippen LogP contribution in [0.5, 0.6) is 5.75 Å². The predicted molar refractivity (Wildman–Crippen MR) is 144 cm³/mol. The van der Waals surface area contributed by atoms with E-state index in [-0.39, 0.29) is 60.1 Å². The minimum Gasteiger partial charge on any atom is -0.494 e. The summed E-state index contributed by atoms with van der Waals surface area (Å²) in [6.45, 7) is 1.87. The van der Waals surface area contributed by atoms with Gasteiger partial charge < -0.3 is 24.0 Å². The average Bonchev–Trinajstić information content (AvgIpc) is 3.58. The number of methoxy groups -OCH3 is 1. The number of aromatic nitrogens is 5. The molecule has 3 aromatic heterocycles. The van der Waals surface area contributed by atoms with Gasteiger partial charge in [-0.25, -0.2) is 19.2 Å². The number of hydrogen-bond acceptors (Lipinski definition) is 9. The molecule has 214 valence electrons. The van der Waals surface area contributed by atoms with Gasteiger partial charge in [-0.3, -0.25) is 19.3 Å². The van der Waals surface area contributed by atoms with Crippen molar-refractivity contribution in [2.75, 3.05) is 33.3 Å². The summed E-state index contributed by atoms with van der Waals surface area (Å²) in [5, 5.41) is 4.45. The quantitative estimate of drug-likeness (QED) is 0.135. The molecule has 3 N–H and O–H groups in total. The number of piperazine rings is 1. The van der Waals surface area contributed by atoms with Gasteiger partial charge in [-0.05, 0) is 19.1 Å². The maximum atomic E-state index is 13.7. The Bertz CT molecular complexity index is 1670. The maximum Gasteiger partial charge on any atom is 0.633 e. The number of benzene rings is 1. The lowest BCUT2D eigenvalue weighted by Crippen LogP contribution is -2.52. The fourth-order valence-corrected chi connectivity index (χ4v) is 4.89. The molecule has 1 aromatic carbocycles. The number of Topliss-reactive ketones (excluding diaryl/α,β-unsaturated/α-hetero) is 1. The molecule has 4 heterocycles. The summed E-state index contributed by atoms with van der Waals surface area (Å²) in [5.74, 6) is -1.03. The number of carbonyl (C=O) groups is 3. The van der Waals surface area contributed by atoms with E-state index < -0.39 is 26.2 Å². The van der Waals surface area contributed by atoms with Crippen LogP contribution < -0.4 is 4.74 Å². The van der Waals surface area contributed by atoms with Crippen LogP contribution in [0.25, 0.3) is 16.7 Å². The van der Waals surface area contributed by atoms with Crippen LogP contribution in [0.2, 0.25) is 0 Å². The molecule has 41 heavy (non-hydrogen) atoms. The Hall–Kier alpha value is -4.43. The van der Waals surface area contributed by atoms with E-state index in [0.29, 0.717) is 11.4 Å². The van der Waals surface area contributed by atoms with Crippen LogP contribution >= 0.6 is 7.82 Å². The third-order valence-corrected chi connectivity index (χ3v) is 7.03. The van der Waals surface area contributed by atoms with Gasteiger partial charge in [-0.1, -0.05) is 18.2 Å². The number of ketones is 1. The van der Waals surface area contributed by atoms with Crippen molar-refractivity contribution in [3.63, 3.8) is 0 Å². The number of aryl methyl sites for hydroxylation is 1. The molecule has 1 aliphatic rings. The highest BCUT2D eigenvalue weighted by Crippen LogP contribution is 2.39. The second kappa shape index (κ2) is 11.2. The minimum absolute atomic E-state index is 0.0634. The Kier molecular flexibility index (Phi) is 7.69. The third-order valence-electron chi connectivity index (χ3n) is 6.57. The Morgan fingerprint density at radius 3 is 2.37 bits per heavy atom. The fourth-order valence-electron chi connectivity index (χ4n) is 4.61. The van der Waals surface area contributed by atoms with Gasteiger partial charge in [0, 0.05) is 37.9 Å². The zero-order chi connectivity index (χ0) is 29.3. The number of fused-ring (bicyclic) bond motifs is 1. The van der Waals surface area contributed by atoms with Gasteiger partial charge in [0.05, 0.1) is 24.3 Å². The van der Waals surface area contributed by atoms with Crippen molar-refractivity contribution >= 4 is 36.3 Å². The average molecular weight is 585 g/mol. The third kappa shape index (κ3) is 5.74. The lowest BCUT2D eigenvalue weighted by atomic mass is 10.1. The molecule has 0 spiro atoms. The van der Waals surface area contributed by atoms with Crippen LogP contribution in [0.4, 0.5) is 0 Å². The minimum atomic E-state index is -4.65. The van der Waals surface area contributed by atoms with Crippen molar-refractivity contribution in [1.29, 1.82) is 0 Å². The SMILES string of the molecule is COc1cnc(-n2cnc(C)n2)c2c1c(C(=O)C(=O)N1CCN(C(=O)c3ccccc3)CC1)cn2COP(=O)(O)[OH2+]. The molecule has 1 saturated heterocycles. The number of carbonyl (C=O) groups excluding carboxylic acids is 3. The maximum absolute atomic E-state index is 13.7. The summed E-state index contributed by atoms with van der Waals surface area (Å²) in [5.41, 5.74) is 0.682. The molecular weight excluding hydrogens is 557 g/mol. The summed E-state index contributed by atoms with van der Waals surface area (Å²) in [6, 6.07) is 8.80. The number of pyridine rings is 1. The Morgan fingerprint density at radius 2 is 1.76 bits per heavy atom. The van der Waals surface area contributed by atoms with E-state index in [2.05, 4.69) is 15.1 Å². The van der Waals surface area contributed by atoms with Crippen molar-refractivity contribution in [1.82, 2.24) is 34.1 Å². The summed E-state index contributed by atoms with van der Waals surface area (Å²) in [4.78, 5) is 68.0. The highest BCUT2D eigenvalue weighted by atomic mass is 31.2. The van der Waals surface area contributed by atoms with Crippen LogP contribution in [-0.2, 0) is 20.6 Å². The molecule has 0 saturated carbocycles. The number of amides is 2. The van der Waals surface area contributed by atoms with Crippen molar-refractivity contribution in [3.05, 3.63) is 66.0 Å². The molecule has 1 unspecified atom stereocenters. The van der Waals surface area contributed by atoms with Gasteiger partial charge in [0.25, 0.3) is 17.6 Å². The fraction of sp³-hybridized carbons (Fsp3) is 0.280. The molecule has 16 heteroatoms. The van der Waals surface area contributed by atoms with Crippen molar-refractivity contribution in [3.8, 4) is 11.6 Å². The topological polar surface area (TPSA) is 185 Å². The Labute approximate surface area is 233 Å². The molecule has 1 aliphatic heterocycles.